The zero-order chi connectivity index (χ0) is 15.9. The molecule has 0 unspecified atom stereocenters. The van der Waals surface area contributed by atoms with Crippen molar-refractivity contribution in [2.75, 3.05) is 0 Å². The number of para-hydroxylation sites is 1. The molecule has 0 radical (unpaired) electrons. The number of carbonyl (C=O) groups is 2. The first-order valence-corrected chi connectivity index (χ1v) is 7.71. The molecule has 2 N–H and O–H groups in total. The number of nitrogens with zero attached hydrogens (tertiary/aromatic N) is 1. The fraction of sp³-hybridized carbons (Fsp3) is 0.267. The molecule has 2 amide bonds. The molecule has 0 spiro atoms. The molecule has 0 bridgehead atoms. The first-order valence-electron chi connectivity index (χ1n) is 6.77. The van der Waals surface area contributed by atoms with E-state index in [-0.39, 0.29) is 18.4 Å². The molecule has 0 aliphatic carbocycles. The Balaban J connectivity index is 2.00. The first-order chi connectivity index (χ1) is 10.6. The lowest BCUT2D eigenvalue weighted by Gasteiger charge is -2.12. The molecule has 7 heteroatoms. The molecule has 0 fully saturated rings. The molecular formula is C15H17N3O3S. The van der Waals surface area contributed by atoms with Gasteiger partial charge in [-0.2, -0.15) is 0 Å². The highest BCUT2D eigenvalue weighted by atomic mass is 32.1. The Labute approximate surface area is 132 Å². The molecular weight excluding hydrogens is 302 g/mol. The van der Waals surface area contributed by atoms with Gasteiger partial charge in [0.1, 0.15) is 12.4 Å². The summed E-state index contributed by atoms with van der Waals surface area (Å²) in [4.78, 5) is 27.7. The standard InChI is InChI=1S/C15H17N3O3S/c1-10(2)14(19)17-18-15(20)12-5-3-4-6-13(12)21-7-11-8-22-9-16-11/h3-6,8-10H,7H2,1-2H3,(H,17,19)(H,18,20). The molecule has 0 aliphatic heterocycles. The molecule has 22 heavy (non-hydrogen) atoms. The van der Waals surface area contributed by atoms with E-state index in [0.717, 1.165) is 5.69 Å². The second kappa shape index (κ2) is 7.56. The third-order valence-electron chi connectivity index (χ3n) is 2.81. The van der Waals surface area contributed by atoms with E-state index >= 15 is 0 Å². The summed E-state index contributed by atoms with van der Waals surface area (Å²) in [5.74, 6) is -0.458. The van der Waals surface area contributed by atoms with E-state index in [4.69, 9.17) is 4.74 Å². The predicted molar refractivity (Wildman–Crippen MR) is 83.3 cm³/mol. The number of benzene rings is 1. The molecule has 0 saturated carbocycles. The SMILES string of the molecule is CC(C)C(=O)NNC(=O)c1ccccc1OCc1cscn1. The van der Waals surface area contributed by atoms with Gasteiger partial charge in [-0.25, -0.2) is 4.98 Å². The second-order valence-corrected chi connectivity index (χ2v) is 5.58. The van der Waals surface area contributed by atoms with Gasteiger partial charge in [0.15, 0.2) is 0 Å². The van der Waals surface area contributed by atoms with Gasteiger partial charge >= 0.3 is 0 Å². The summed E-state index contributed by atoms with van der Waals surface area (Å²) in [7, 11) is 0. The molecule has 6 nitrogen and oxygen atoms in total. The summed E-state index contributed by atoms with van der Waals surface area (Å²) in [5.41, 5.74) is 7.62. The van der Waals surface area contributed by atoms with Crippen LogP contribution in [0.25, 0.3) is 0 Å². The number of hydrogen-bond donors (Lipinski definition) is 2. The Morgan fingerprint density at radius 1 is 1.27 bits per heavy atom. The van der Waals surface area contributed by atoms with Gasteiger partial charge in [0.2, 0.25) is 5.91 Å². The van der Waals surface area contributed by atoms with Crippen molar-refractivity contribution in [3.05, 3.63) is 46.4 Å². The minimum Gasteiger partial charge on any atom is -0.486 e. The van der Waals surface area contributed by atoms with Crippen LogP contribution < -0.4 is 15.6 Å². The summed E-state index contributed by atoms with van der Waals surface area (Å²) in [6.07, 6.45) is 0. The number of amides is 2. The molecule has 2 rings (SSSR count). The molecule has 1 aromatic carbocycles. The monoisotopic (exact) mass is 319 g/mol. The second-order valence-electron chi connectivity index (χ2n) is 4.86. The van der Waals surface area contributed by atoms with Crippen molar-refractivity contribution in [2.45, 2.75) is 20.5 Å². The zero-order valence-electron chi connectivity index (χ0n) is 12.3. The predicted octanol–water partition coefficient (Wildman–Crippen LogP) is 2.14. The average Bonchev–Trinajstić information content (AvgIpc) is 3.03. The first kappa shape index (κ1) is 16.0. The molecule has 1 heterocycles. The topological polar surface area (TPSA) is 80.3 Å². The number of rotatable bonds is 5. The maximum atomic E-state index is 12.1. The zero-order valence-corrected chi connectivity index (χ0v) is 13.1. The van der Waals surface area contributed by atoms with Crippen molar-refractivity contribution in [3.63, 3.8) is 0 Å². The number of thiazole rings is 1. The minimum absolute atomic E-state index is 0.212. The lowest BCUT2D eigenvalue weighted by atomic mass is 10.2. The number of ether oxygens (including phenoxy) is 1. The fourth-order valence-electron chi connectivity index (χ4n) is 1.57. The third kappa shape index (κ3) is 4.29. The van der Waals surface area contributed by atoms with Gasteiger partial charge in [0, 0.05) is 11.3 Å². The summed E-state index contributed by atoms with van der Waals surface area (Å²) in [6.45, 7) is 3.77. The fourth-order valence-corrected chi connectivity index (χ4v) is 2.11. The summed E-state index contributed by atoms with van der Waals surface area (Å²) < 4.78 is 5.63. The highest BCUT2D eigenvalue weighted by Crippen LogP contribution is 2.19. The number of hydrazine groups is 1. The van der Waals surface area contributed by atoms with E-state index in [1.807, 2.05) is 5.38 Å². The Bertz CT molecular complexity index is 641. The van der Waals surface area contributed by atoms with Gasteiger partial charge in [-0.3, -0.25) is 20.4 Å². The molecule has 0 aliphatic rings. The largest absolute Gasteiger partial charge is 0.486 e. The Morgan fingerprint density at radius 2 is 2.05 bits per heavy atom. The molecule has 0 atom stereocenters. The molecule has 1 aromatic heterocycles. The molecule has 2 aromatic rings. The van der Waals surface area contributed by atoms with Gasteiger partial charge < -0.3 is 4.74 Å². The maximum absolute atomic E-state index is 12.1. The van der Waals surface area contributed by atoms with Crippen molar-refractivity contribution in [3.8, 4) is 5.75 Å². The number of carbonyl (C=O) groups excluding carboxylic acids is 2. The Morgan fingerprint density at radius 3 is 2.73 bits per heavy atom. The van der Waals surface area contributed by atoms with E-state index in [9.17, 15) is 9.59 Å². The lowest BCUT2D eigenvalue weighted by molar-refractivity contribution is -0.124. The summed E-state index contributed by atoms with van der Waals surface area (Å²) in [6, 6.07) is 6.84. The number of hydrogen-bond acceptors (Lipinski definition) is 5. The van der Waals surface area contributed by atoms with Gasteiger partial charge in [0.25, 0.3) is 5.91 Å². The molecule has 0 saturated heterocycles. The quantitative estimate of drug-likeness (QED) is 0.828. The van der Waals surface area contributed by atoms with Crippen LogP contribution >= 0.6 is 11.3 Å². The van der Waals surface area contributed by atoms with Crippen molar-refractivity contribution in [2.24, 2.45) is 5.92 Å². The summed E-state index contributed by atoms with van der Waals surface area (Å²) in [5, 5.41) is 1.88. The smallest absolute Gasteiger partial charge is 0.273 e. The van der Waals surface area contributed by atoms with Crippen LogP contribution in [0.15, 0.2) is 35.2 Å². The maximum Gasteiger partial charge on any atom is 0.273 e. The van der Waals surface area contributed by atoms with Crippen LogP contribution in [0.5, 0.6) is 5.75 Å². The van der Waals surface area contributed by atoms with E-state index in [1.54, 1.807) is 43.6 Å². The Kier molecular flexibility index (Phi) is 5.48. The van der Waals surface area contributed by atoms with E-state index < -0.39 is 5.91 Å². The third-order valence-corrected chi connectivity index (χ3v) is 3.45. The Hall–Kier alpha value is -2.41. The van der Waals surface area contributed by atoms with Crippen molar-refractivity contribution in [1.82, 2.24) is 15.8 Å². The van der Waals surface area contributed by atoms with Crippen molar-refractivity contribution >= 4 is 23.2 Å². The van der Waals surface area contributed by atoms with Gasteiger partial charge in [0.05, 0.1) is 16.8 Å². The number of aromatic nitrogens is 1. The summed E-state index contributed by atoms with van der Waals surface area (Å²) >= 11 is 1.48. The normalized spacial score (nSPS) is 10.3. The van der Waals surface area contributed by atoms with Crippen LogP contribution in [-0.4, -0.2) is 16.8 Å². The van der Waals surface area contributed by atoms with E-state index in [2.05, 4.69) is 15.8 Å². The highest BCUT2D eigenvalue weighted by molar-refractivity contribution is 7.07. The van der Waals surface area contributed by atoms with Gasteiger partial charge in [-0.1, -0.05) is 26.0 Å². The van der Waals surface area contributed by atoms with Crippen LogP contribution in [0.4, 0.5) is 0 Å². The molecule has 116 valence electrons. The van der Waals surface area contributed by atoms with Gasteiger partial charge in [-0.15, -0.1) is 11.3 Å². The highest BCUT2D eigenvalue weighted by Gasteiger charge is 2.14. The van der Waals surface area contributed by atoms with Crippen molar-refractivity contribution in [1.29, 1.82) is 0 Å². The van der Waals surface area contributed by atoms with Crippen LogP contribution in [0.1, 0.15) is 29.9 Å². The number of nitrogens with one attached hydrogen (secondary N) is 2. The van der Waals surface area contributed by atoms with E-state index in [0.29, 0.717) is 11.3 Å². The lowest BCUT2D eigenvalue weighted by Crippen LogP contribution is -2.43. The van der Waals surface area contributed by atoms with E-state index in [1.165, 1.54) is 11.3 Å². The van der Waals surface area contributed by atoms with Crippen LogP contribution in [0.2, 0.25) is 0 Å². The van der Waals surface area contributed by atoms with Crippen LogP contribution in [-0.2, 0) is 11.4 Å². The minimum atomic E-state index is -0.428. The van der Waals surface area contributed by atoms with Crippen LogP contribution in [0, 0.1) is 5.92 Å². The average molecular weight is 319 g/mol. The van der Waals surface area contributed by atoms with Gasteiger partial charge in [-0.05, 0) is 12.1 Å². The van der Waals surface area contributed by atoms with Crippen molar-refractivity contribution < 1.29 is 14.3 Å². The van der Waals surface area contributed by atoms with Crippen LogP contribution in [0.3, 0.4) is 0 Å².